The van der Waals surface area contributed by atoms with E-state index >= 15 is 0 Å². The first-order chi connectivity index (χ1) is 14.7. The molecule has 0 atom stereocenters. The van der Waals surface area contributed by atoms with Crippen molar-refractivity contribution in [1.29, 1.82) is 0 Å². The van der Waals surface area contributed by atoms with E-state index in [1.54, 1.807) is 35.4 Å². The number of hydrogen-bond acceptors (Lipinski definition) is 6. The van der Waals surface area contributed by atoms with Crippen LogP contribution in [0.4, 0.5) is 14.5 Å². The molecule has 31 heavy (non-hydrogen) atoms. The van der Waals surface area contributed by atoms with E-state index in [9.17, 15) is 18.7 Å². The molecule has 4 rings (SSSR count). The van der Waals surface area contributed by atoms with Gasteiger partial charge in [-0.15, -0.1) is 10.2 Å². The number of amides is 1. The first kappa shape index (κ1) is 20.6. The summed E-state index contributed by atoms with van der Waals surface area (Å²) in [4.78, 5) is 12.7. The second-order valence-electron chi connectivity index (χ2n) is 7.67. The van der Waals surface area contributed by atoms with Gasteiger partial charge in [-0.3, -0.25) is 18.6 Å². The molecule has 2 N–H and O–H groups in total. The first-order valence-corrected chi connectivity index (χ1v) is 9.34. The van der Waals surface area contributed by atoms with E-state index in [1.807, 2.05) is 13.8 Å². The van der Waals surface area contributed by atoms with Crippen LogP contribution >= 0.6 is 0 Å². The molecule has 0 saturated carbocycles. The third kappa shape index (κ3) is 3.77. The van der Waals surface area contributed by atoms with Gasteiger partial charge in [-0.1, -0.05) is 0 Å². The number of carbonyl (C=O) groups is 1. The Kier molecular flexibility index (Phi) is 5.01. The highest BCUT2D eigenvalue weighted by molar-refractivity contribution is 6.02. The first-order valence-electron chi connectivity index (χ1n) is 9.34. The van der Waals surface area contributed by atoms with Crippen molar-refractivity contribution < 1.29 is 18.7 Å². The molecule has 0 saturated heterocycles. The van der Waals surface area contributed by atoms with Gasteiger partial charge in [0.1, 0.15) is 0 Å². The number of carbonyl (C=O) groups excluding carboxylic acids is 1. The molecule has 12 heteroatoms. The Bertz CT molecular complexity index is 1260. The van der Waals surface area contributed by atoms with Crippen LogP contribution < -0.4 is 5.32 Å². The number of aliphatic hydroxyl groups excluding tert-OH is 1. The van der Waals surface area contributed by atoms with E-state index in [0.717, 1.165) is 11.1 Å². The van der Waals surface area contributed by atoms with Gasteiger partial charge in [0.15, 0.2) is 11.3 Å². The smallest absolute Gasteiger partial charge is 0.294 e. The van der Waals surface area contributed by atoms with Crippen molar-refractivity contribution in [2.45, 2.75) is 25.8 Å². The van der Waals surface area contributed by atoms with Crippen molar-refractivity contribution in [3.8, 4) is 11.1 Å². The van der Waals surface area contributed by atoms with Crippen LogP contribution in [0.25, 0.3) is 16.8 Å². The number of hydrogen-bond donors (Lipinski definition) is 2. The molecule has 4 heterocycles. The molecule has 0 aromatic carbocycles. The average molecular weight is 430 g/mol. The van der Waals surface area contributed by atoms with Gasteiger partial charge >= 0.3 is 0 Å². The Morgan fingerprint density at radius 3 is 2.68 bits per heavy atom. The van der Waals surface area contributed by atoms with Crippen LogP contribution in [0.2, 0.25) is 0 Å². The molecule has 0 aliphatic carbocycles. The third-order valence-corrected chi connectivity index (χ3v) is 4.84. The minimum Gasteiger partial charge on any atom is -0.394 e. The van der Waals surface area contributed by atoms with E-state index in [0.29, 0.717) is 5.65 Å². The highest BCUT2D eigenvalue weighted by Gasteiger charge is 2.23. The van der Waals surface area contributed by atoms with Crippen LogP contribution in [-0.4, -0.2) is 51.8 Å². The molecular weight excluding hydrogens is 410 g/mol. The minimum atomic E-state index is -2.84. The van der Waals surface area contributed by atoms with Crippen molar-refractivity contribution in [1.82, 2.24) is 34.2 Å². The molecule has 0 aliphatic rings. The largest absolute Gasteiger partial charge is 0.394 e. The van der Waals surface area contributed by atoms with Crippen LogP contribution in [0.3, 0.4) is 0 Å². The highest BCUT2D eigenvalue weighted by atomic mass is 19.3. The predicted molar refractivity (Wildman–Crippen MR) is 107 cm³/mol. The summed E-state index contributed by atoms with van der Waals surface area (Å²) < 4.78 is 30.6. The van der Waals surface area contributed by atoms with E-state index in [2.05, 4.69) is 25.7 Å². The van der Waals surface area contributed by atoms with Gasteiger partial charge in [-0.25, -0.2) is 8.78 Å². The Hall–Kier alpha value is -3.67. The van der Waals surface area contributed by atoms with E-state index in [4.69, 9.17) is 0 Å². The fraction of sp³-hybridized carbons (Fsp3) is 0.316. The van der Waals surface area contributed by atoms with Crippen LogP contribution in [0.1, 0.15) is 36.6 Å². The van der Waals surface area contributed by atoms with Crippen LogP contribution in [0.15, 0.2) is 36.9 Å². The number of rotatable bonds is 6. The summed E-state index contributed by atoms with van der Waals surface area (Å²) in [5.41, 5.74) is 0.715. The van der Waals surface area contributed by atoms with Gasteiger partial charge in [-0.2, -0.15) is 10.2 Å². The molecule has 1 amide bonds. The molecule has 0 aliphatic heterocycles. The Labute approximate surface area is 175 Å². The summed E-state index contributed by atoms with van der Waals surface area (Å²) in [5.74, 6) is -0.763. The second kappa shape index (κ2) is 7.54. The molecule has 0 unspecified atom stereocenters. The normalized spacial score (nSPS) is 12.1. The summed E-state index contributed by atoms with van der Waals surface area (Å²) >= 11 is 0. The molecule has 0 fully saturated rings. The Balaban J connectivity index is 1.67. The van der Waals surface area contributed by atoms with Gasteiger partial charge in [0.2, 0.25) is 5.82 Å². The zero-order valence-electron chi connectivity index (χ0n) is 17.0. The number of alkyl halides is 2. The van der Waals surface area contributed by atoms with Crippen LogP contribution in [0.5, 0.6) is 0 Å². The molecule has 0 radical (unpaired) electrons. The van der Waals surface area contributed by atoms with Crippen molar-refractivity contribution in [2.24, 2.45) is 7.05 Å². The van der Waals surface area contributed by atoms with Gasteiger partial charge in [0, 0.05) is 36.8 Å². The maximum absolute atomic E-state index is 13.2. The Morgan fingerprint density at radius 2 is 1.97 bits per heavy atom. The molecule has 0 spiro atoms. The summed E-state index contributed by atoms with van der Waals surface area (Å²) in [6, 6.07) is 3.48. The molecule has 4 aromatic heterocycles. The molecule has 0 bridgehead atoms. The molecule has 10 nitrogen and oxygen atoms in total. The quantitative estimate of drug-likeness (QED) is 0.485. The van der Waals surface area contributed by atoms with Gasteiger partial charge in [0.25, 0.3) is 12.3 Å². The van der Waals surface area contributed by atoms with Crippen molar-refractivity contribution in [3.63, 3.8) is 0 Å². The standard InChI is InChI=1S/C19H20F2N8O2/c1-19(2,10-30)29-8-12(6-22-29)11-4-5-14-24-25-17(28(14)7-11)18(31)23-13-9-27(3)26-15(13)16(20)21/h4-9,16,30H,10H2,1-3H3,(H,23,31). The monoisotopic (exact) mass is 430 g/mol. The number of aryl methyl sites for hydroxylation is 1. The lowest BCUT2D eigenvalue weighted by molar-refractivity contribution is 0.101. The van der Waals surface area contributed by atoms with Crippen LogP contribution in [-0.2, 0) is 12.6 Å². The van der Waals surface area contributed by atoms with E-state index < -0.39 is 23.6 Å². The Morgan fingerprint density at radius 1 is 1.19 bits per heavy atom. The average Bonchev–Trinajstić information content (AvgIpc) is 3.45. The summed E-state index contributed by atoms with van der Waals surface area (Å²) in [6.45, 7) is 3.61. The zero-order chi connectivity index (χ0) is 22.3. The van der Waals surface area contributed by atoms with Gasteiger partial charge in [-0.05, 0) is 26.0 Å². The fourth-order valence-electron chi connectivity index (χ4n) is 3.03. The van der Waals surface area contributed by atoms with Crippen molar-refractivity contribution in [2.75, 3.05) is 11.9 Å². The molecule has 162 valence electrons. The number of halogens is 2. The summed E-state index contributed by atoms with van der Waals surface area (Å²) in [7, 11) is 1.48. The number of nitrogens with one attached hydrogen (secondary N) is 1. The maximum Gasteiger partial charge on any atom is 0.294 e. The number of aromatic nitrogens is 7. The number of anilines is 1. The van der Waals surface area contributed by atoms with Gasteiger partial charge < -0.3 is 10.4 Å². The number of aliphatic hydroxyl groups is 1. The third-order valence-electron chi connectivity index (χ3n) is 4.84. The SMILES string of the molecule is Cn1cc(NC(=O)c2nnc3ccc(-c4cnn(C(C)(C)CO)c4)cn23)c(C(F)F)n1. The number of nitrogens with zero attached hydrogens (tertiary/aromatic N) is 7. The predicted octanol–water partition coefficient (Wildman–Crippen LogP) is 2.24. The van der Waals surface area contributed by atoms with Crippen molar-refractivity contribution in [3.05, 3.63) is 48.4 Å². The maximum atomic E-state index is 13.2. The van der Waals surface area contributed by atoms with E-state index in [-0.39, 0.29) is 18.1 Å². The molecule has 4 aromatic rings. The number of pyridine rings is 1. The van der Waals surface area contributed by atoms with E-state index in [1.165, 1.54) is 22.3 Å². The highest BCUT2D eigenvalue weighted by Crippen LogP contribution is 2.26. The van der Waals surface area contributed by atoms with Gasteiger partial charge in [0.05, 0.1) is 24.0 Å². The molecular formula is C19H20F2N8O2. The number of fused-ring (bicyclic) bond motifs is 1. The zero-order valence-corrected chi connectivity index (χ0v) is 17.0. The van der Waals surface area contributed by atoms with Crippen LogP contribution in [0, 0.1) is 0 Å². The fourth-order valence-corrected chi connectivity index (χ4v) is 3.03. The lowest BCUT2D eigenvalue weighted by Gasteiger charge is -2.22. The summed E-state index contributed by atoms with van der Waals surface area (Å²) in [6.07, 6.45) is 3.55. The second-order valence-corrected chi connectivity index (χ2v) is 7.67. The minimum absolute atomic E-state index is 0.0657. The summed E-state index contributed by atoms with van der Waals surface area (Å²) in [5, 5.41) is 27.8. The topological polar surface area (TPSA) is 115 Å². The lowest BCUT2D eigenvalue weighted by Crippen LogP contribution is -2.30. The van der Waals surface area contributed by atoms with Crippen molar-refractivity contribution >= 4 is 17.2 Å². The lowest BCUT2D eigenvalue weighted by atomic mass is 10.1.